The summed E-state index contributed by atoms with van der Waals surface area (Å²) >= 11 is 0. The summed E-state index contributed by atoms with van der Waals surface area (Å²) in [6.45, 7) is 6.45. The van der Waals surface area contributed by atoms with Crippen molar-refractivity contribution >= 4 is 35.2 Å². The molecular formula is C17H21ClFN3O4. The van der Waals surface area contributed by atoms with E-state index in [2.05, 4.69) is 10.1 Å². The van der Waals surface area contributed by atoms with Crippen LogP contribution in [0.2, 0.25) is 0 Å². The molecule has 0 spiro atoms. The van der Waals surface area contributed by atoms with Gasteiger partial charge >= 0.3 is 6.16 Å². The van der Waals surface area contributed by atoms with Crippen LogP contribution in [0.25, 0.3) is 10.9 Å². The van der Waals surface area contributed by atoms with E-state index in [-0.39, 0.29) is 29.6 Å². The molecule has 1 saturated heterocycles. The number of hydrogen-bond donors (Lipinski definition) is 2. The molecule has 0 amide bonds. The Labute approximate surface area is 155 Å². The van der Waals surface area contributed by atoms with Crippen molar-refractivity contribution in [3.05, 3.63) is 34.4 Å². The number of anilines is 1. The van der Waals surface area contributed by atoms with Gasteiger partial charge in [-0.1, -0.05) is 0 Å². The Morgan fingerprint density at radius 2 is 2.19 bits per heavy atom. The van der Waals surface area contributed by atoms with Gasteiger partial charge in [0.05, 0.1) is 22.8 Å². The number of carbonyl (C=O) groups is 1. The highest BCUT2D eigenvalue weighted by atomic mass is 35.5. The number of fused-ring (bicyclic) bond motifs is 1. The summed E-state index contributed by atoms with van der Waals surface area (Å²) in [5, 5.41) is 12.2. The number of ether oxygens (including phenoxy) is 1. The molecule has 142 valence electrons. The maximum Gasteiger partial charge on any atom is 0.511 e. The molecule has 2 N–H and O–H groups in total. The molecular weight excluding hydrogens is 365 g/mol. The summed E-state index contributed by atoms with van der Waals surface area (Å²) in [5.74, 6) is -0.835. The monoisotopic (exact) mass is 385 g/mol. The molecule has 1 atom stereocenters. The van der Waals surface area contributed by atoms with Gasteiger partial charge in [-0.25, -0.2) is 9.18 Å². The van der Waals surface area contributed by atoms with Crippen LogP contribution in [-0.2, 0) is 6.54 Å². The largest absolute Gasteiger partial charge is 0.511 e. The molecule has 9 heteroatoms. The van der Waals surface area contributed by atoms with Crippen LogP contribution in [0, 0.1) is 5.82 Å². The number of nitrogens with one attached hydrogen (secondary N) is 1. The molecule has 1 aromatic carbocycles. The van der Waals surface area contributed by atoms with E-state index >= 15 is 0 Å². The molecule has 1 fully saturated rings. The van der Waals surface area contributed by atoms with Crippen molar-refractivity contribution in [2.24, 2.45) is 0 Å². The number of hydrogen-bond acceptors (Lipinski definition) is 5. The van der Waals surface area contributed by atoms with Crippen molar-refractivity contribution < 1.29 is 19.0 Å². The lowest BCUT2D eigenvalue weighted by Gasteiger charge is -2.34. The summed E-state index contributed by atoms with van der Waals surface area (Å²) in [6.07, 6.45) is -0.230. The number of pyridine rings is 1. The maximum absolute atomic E-state index is 14.7. The van der Waals surface area contributed by atoms with E-state index in [1.165, 1.54) is 12.3 Å². The molecule has 0 radical (unpaired) electrons. The average Bonchev–Trinajstić information content (AvgIpc) is 2.57. The van der Waals surface area contributed by atoms with Gasteiger partial charge in [0.15, 0.2) is 5.75 Å². The Morgan fingerprint density at radius 1 is 1.46 bits per heavy atom. The van der Waals surface area contributed by atoms with Crippen LogP contribution in [0.15, 0.2) is 23.1 Å². The van der Waals surface area contributed by atoms with Crippen LogP contribution in [0.5, 0.6) is 5.75 Å². The van der Waals surface area contributed by atoms with E-state index in [1.807, 2.05) is 18.7 Å². The summed E-state index contributed by atoms with van der Waals surface area (Å²) in [5.41, 5.74) is 0.350. The van der Waals surface area contributed by atoms with Gasteiger partial charge in [-0.05, 0) is 26.0 Å². The van der Waals surface area contributed by atoms with Crippen LogP contribution >= 0.6 is 12.4 Å². The molecule has 2 heterocycles. The zero-order valence-electron chi connectivity index (χ0n) is 14.5. The lowest BCUT2D eigenvalue weighted by atomic mass is 10.1. The second kappa shape index (κ2) is 7.92. The molecule has 1 aliphatic rings. The van der Waals surface area contributed by atoms with Crippen LogP contribution < -0.4 is 20.4 Å². The van der Waals surface area contributed by atoms with Gasteiger partial charge in [0.2, 0.25) is 5.43 Å². The lowest BCUT2D eigenvalue weighted by Crippen LogP contribution is -2.49. The van der Waals surface area contributed by atoms with Gasteiger partial charge in [0, 0.05) is 32.2 Å². The SMILES string of the molecule is CCn1cc(OC(=O)O)c(=O)c2cc(F)c(N3CCNC(C)C3)cc21.Cl. The standard InChI is InChI=1S/C17H20FN3O4.ClH/c1-3-20-9-15(25-17(23)24)16(22)11-6-12(18)14(7-13(11)20)21-5-4-19-10(2)8-21;/h6-7,9-10,19H,3-5,8H2,1-2H3,(H,23,24);1H. The topological polar surface area (TPSA) is 83.8 Å². The third-order valence-corrected chi connectivity index (χ3v) is 4.36. The lowest BCUT2D eigenvalue weighted by molar-refractivity contribution is 0.144. The number of aromatic nitrogens is 1. The Morgan fingerprint density at radius 3 is 2.81 bits per heavy atom. The van der Waals surface area contributed by atoms with Crippen molar-refractivity contribution in [1.29, 1.82) is 0 Å². The summed E-state index contributed by atoms with van der Waals surface area (Å²) < 4.78 is 20.9. The van der Waals surface area contributed by atoms with Crippen LogP contribution in [0.4, 0.5) is 14.9 Å². The predicted molar refractivity (Wildman–Crippen MR) is 99.4 cm³/mol. The quantitative estimate of drug-likeness (QED) is 0.789. The predicted octanol–water partition coefficient (Wildman–Crippen LogP) is 2.44. The fraction of sp³-hybridized carbons (Fsp3) is 0.412. The van der Waals surface area contributed by atoms with E-state index in [0.29, 0.717) is 30.8 Å². The third kappa shape index (κ3) is 3.76. The van der Waals surface area contributed by atoms with Crippen molar-refractivity contribution in [2.75, 3.05) is 24.5 Å². The zero-order chi connectivity index (χ0) is 18.1. The smallest absolute Gasteiger partial charge is 0.449 e. The molecule has 1 aromatic heterocycles. The number of rotatable bonds is 3. The van der Waals surface area contributed by atoms with Crippen molar-refractivity contribution in [3.8, 4) is 5.75 Å². The number of nitrogens with zero attached hydrogens (tertiary/aromatic N) is 2. The van der Waals surface area contributed by atoms with E-state index in [1.54, 1.807) is 10.6 Å². The molecule has 7 nitrogen and oxygen atoms in total. The van der Waals surface area contributed by atoms with Gasteiger partial charge in [0.25, 0.3) is 0 Å². The zero-order valence-corrected chi connectivity index (χ0v) is 15.3. The van der Waals surface area contributed by atoms with E-state index in [4.69, 9.17) is 5.11 Å². The van der Waals surface area contributed by atoms with Gasteiger partial charge in [-0.15, -0.1) is 12.4 Å². The number of halogens is 2. The van der Waals surface area contributed by atoms with Crippen LogP contribution in [0.3, 0.4) is 0 Å². The van der Waals surface area contributed by atoms with E-state index < -0.39 is 17.4 Å². The summed E-state index contributed by atoms with van der Waals surface area (Å²) in [4.78, 5) is 25.1. The van der Waals surface area contributed by atoms with Gasteiger partial charge < -0.3 is 24.6 Å². The Bertz CT molecular complexity index is 886. The first-order valence-corrected chi connectivity index (χ1v) is 8.16. The van der Waals surface area contributed by atoms with Gasteiger partial charge in [0.1, 0.15) is 5.82 Å². The molecule has 2 aromatic rings. The first-order valence-electron chi connectivity index (χ1n) is 8.16. The highest BCUT2D eigenvalue weighted by molar-refractivity contribution is 5.85. The molecule has 3 rings (SSSR count). The molecule has 1 unspecified atom stereocenters. The highest BCUT2D eigenvalue weighted by Gasteiger charge is 2.21. The molecule has 0 bridgehead atoms. The Balaban J connectivity index is 0.00000243. The summed E-state index contributed by atoms with van der Waals surface area (Å²) in [7, 11) is 0. The molecule has 0 saturated carbocycles. The minimum atomic E-state index is -1.58. The van der Waals surface area contributed by atoms with E-state index in [9.17, 15) is 14.0 Å². The second-order valence-corrected chi connectivity index (χ2v) is 6.10. The first kappa shape index (κ1) is 20.0. The van der Waals surface area contributed by atoms with E-state index in [0.717, 1.165) is 6.54 Å². The Hall–Kier alpha value is -2.32. The second-order valence-electron chi connectivity index (χ2n) is 6.10. The van der Waals surface area contributed by atoms with Gasteiger partial charge in [-0.2, -0.15) is 0 Å². The third-order valence-electron chi connectivity index (χ3n) is 4.36. The van der Waals surface area contributed by atoms with Crippen LogP contribution in [-0.4, -0.2) is 41.5 Å². The number of benzene rings is 1. The van der Waals surface area contributed by atoms with Gasteiger partial charge in [-0.3, -0.25) is 4.79 Å². The van der Waals surface area contributed by atoms with Crippen LogP contribution in [0.1, 0.15) is 13.8 Å². The summed E-state index contributed by atoms with van der Waals surface area (Å²) in [6, 6.07) is 3.06. The fourth-order valence-electron chi connectivity index (χ4n) is 3.19. The van der Waals surface area contributed by atoms with Crippen molar-refractivity contribution in [1.82, 2.24) is 9.88 Å². The molecule has 26 heavy (non-hydrogen) atoms. The molecule has 1 aliphatic heterocycles. The Kier molecular flexibility index (Phi) is 6.09. The number of aryl methyl sites for hydroxylation is 1. The number of carboxylic acid groups (broad SMARTS) is 1. The van der Waals surface area contributed by atoms with Crippen molar-refractivity contribution in [2.45, 2.75) is 26.4 Å². The average molecular weight is 386 g/mol. The normalized spacial score (nSPS) is 17.0. The fourth-order valence-corrected chi connectivity index (χ4v) is 3.19. The highest BCUT2D eigenvalue weighted by Crippen LogP contribution is 2.27. The van der Waals surface area contributed by atoms with Crippen molar-refractivity contribution in [3.63, 3.8) is 0 Å². The first-order chi connectivity index (χ1) is 11.9. The minimum absolute atomic E-state index is 0. The maximum atomic E-state index is 14.7. The minimum Gasteiger partial charge on any atom is -0.449 e. The number of piperazine rings is 1. The molecule has 0 aliphatic carbocycles.